The van der Waals surface area contributed by atoms with E-state index in [2.05, 4.69) is 10.5 Å². The normalized spacial score (nSPS) is 12.9. The summed E-state index contributed by atoms with van der Waals surface area (Å²) in [6, 6.07) is 5.54. The van der Waals surface area contributed by atoms with Gasteiger partial charge in [0, 0.05) is 12.1 Å². The Bertz CT molecular complexity index is 498. The molecule has 5 nitrogen and oxygen atoms in total. The van der Waals surface area contributed by atoms with Crippen LogP contribution in [0.5, 0.6) is 5.75 Å². The number of carbonyl (C=O) groups is 1. The zero-order valence-corrected chi connectivity index (χ0v) is 12.4. The third-order valence-corrected chi connectivity index (χ3v) is 2.90. The van der Waals surface area contributed by atoms with Crippen molar-refractivity contribution in [1.82, 2.24) is 5.32 Å². The zero-order chi connectivity index (χ0) is 15.1. The zero-order valence-electron chi connectivity index (χ0n) is 12.4. The number of ether oxygens (including phenoxy) is 1. The fourth-order valence-corrected chi connectivity index (χ4v) is 1.72. The van der Waals surface area contributed by atoms with Crippen LogP contribution < -0.4 is 10.1 Å². The summed E-state index contributed by atoms with van der Waals surface area (Å²) < 4.78 is 5.70. The first-order valence-corrected chi connectivity index (χ1v) is 6.73. The maximum Gasteiger partial charge on any atom is 0.260 e. The molecule has 1 atom stereocenters. The molecule has 0 aliphatic heterocycles. The molecule has 0 spiro atoms. The van der Waals surface area contributed by atoms with E-state index in [1.54, 1.807) is 13.8 Å². The number of hydrogen-bond acceptors (Lipinski definition) is 4. The topological polar surface area (TPSA) is 70.9 Å². The first kappa shape index (κ1) is 16.0. The Morgan fingerprint density at radius 3 is 2.80 bits per heavy atom. The fraction of sp³-hybridized carbons (Fsp3) is 0.467. The highest BCUT2D eigenvalue weighted by Crippen LogP contribution is 2.22. The van der Waals surface area contributed by atoms with Crippen molar-refractivity contribution in [2.45, 2.75) is 40.2 Å². The largest absolute Gasteiger partial charge is 0.480 e. The van der Waals surface area contributed by atoms with Crippen LogP contribution in [0.4, 0.5) is 0 Å². The van der Waals surface area contributed by atoms with Crippen molar-refractivity contribution in [3.05, 3.63) is 29.3 Å². The third-order valence-electron chi connectivity index (χ3n) is 2.90. The minimum atomic E-state index is -0.603. The van der Waals surface area contributed by atoms with Gasteiger partial charge in [-0.3, -0.25) is 4.79 Å². The Balaban J connectivity index is 2.90. The molecule has 1 rings (SSSR count). The van der Waals surface area contributed by atoms with Crippen molar-refractivity contribution < 1.29 is 14.7 Å². The molecule has 0 saturated heterocycles. The molecule has 0 radical (unpaired) electrons. The Labute approximate surface area is 119 Å². The molecule has 0 aliphatic carbocycles. The van der Waals surface area contributed by atoms with Crippen LogP contribution in [0.25, 0.3) is 0 Å². The van der Waals surface area contributed by atoms with E-state index in [9.17, 15) is 4.79 Å². The van der Waals surface area contributed by atoms with Crippen molar-refractivity contribution in [2.24, 2.45) is 5.16 Å². The molecule has 1 aromatic rings. The molecule has 1 amide bonds. The van der Waals surface area contributed by atoms with Gasteiger partial charge in [-0.2, -0.15) is 0 Å². The van der Waals surface area contributed by atoms with E-state index in [4.69, 9.17) is 9.94 Å². The molecule has 0 fully saturated rings. The molecule has 0 heterocycles. The highest BCUT2D eigenvalue weighted by atomic mass is 16.5. The third kappa shape index (κ3) is 4.26. The van der Waals surface area contributed by atoms with Gasteiger partial charge in [0.2, 0.25) is 0 Å². The second-order valence-corrected chi connectivity index (χ2v) is 4.74. The molecule has 1 unspecified atom stereocenters. The monoisotopic (exact) mass is 278 g/mol. The number of carbonyl (C=O) groups excluding carboxylic acids is 1. The first-order chi connectivity index (χ1) is 9.49. The van der Waals surface area contributed by atoms with Gasteiger partial charge in [0.15, 0.2) is 6.10 Å². The maximum absolute atomic E-state index is 11.8. The van der Waals surface area contributed by atoms with E-state index >= 15 is 0 Å². The number of benzene rings is 1. The van der Waals surface area contributed by atoms with Crippen LogP contribution >= 0.6 is 0 Å². The van der Waals surface area contributed by atoms with Crippen LogP contribution in [0.2, 0.25) is 0 Å². The van der Waals surface area contributed by atoms with E-state index in [1.165, 1.54) is 0 Å². The summed E-state index contributed by atoms with van der Waals surface area (Å²) >= 11 is 0. The van der Waals surface area contributed by atoms with Crippen LogP contribution in [0.15, 0.2) is 23.4 Å². The number of hydrogen-bond donors (Lipinski definition) is 2. The molecule has 5 heteroatoms. The highest BCUT2D eigenvalue weighted by Gasteiger charge is 2.17. The van der Waals surface area contributed by atoms with Gasteiger partial charge in [-0.25, -0.2) is 0 Å². The quantitative estimate of drug-likeness (QED) is 0.477. The van der Waals surface area contributed by atoms with E-state index < -0.39 is 6.10 Å². The summed E-state index contributed by atoms with van der Waals surface area (Å²) in [5, 5.41) is 14.9. The van der Waals surface area contributed by atoms with Crippen molar-refractivity contribution in [2.75, 3.05) is 6.54 Å². The highest BCUT2D eigenvalue weighted by molar-refractivity contribution is 6.00. The Morgan fingerprint density at radius 1 is 1.50 bits per heavy atom. The minimum Gasteiger partial charge on any atom is -0.480 e. The van der Waals surface area contributed by atoms with E-state index in [1.807, 2.05) is 32.0 Å². The van der Waals surface area contributed by atoms with Gasteiger partial charge in [0.25, 0.3) is 5.91 Å². The van der Waals surface area contributed by atoms with Gasteiger partial charge in [-0.1, -0.05) is 18.1 Å². The Kier molecular flexibility index (Phi) is 6.03. The smallest absolute Gasteiger partial charge is 0.260 e. The Morgan fingerprint density at radius 2 is 2.20 bits per heavy atom. The molecule has 1 aromatic carbocycles. The van der Waals surface area contributed by atoms with Crippen LogP contribution in [0.3, 0.4) is 0 Å². The lowest BCUT2D eigenvalue weighted by Gasteiger charge is -2.17. The van der Waals surface area contributed by atoms with Crippen LogP contribution in [0.1, 0.15) is 38.3 Å². The lowest BCUT2D eigenvalue weighted by atomic mass is 10.1. The maximum atomic E-state index is 11.8. The molecule has 20 heavy (non-hydrogen) atoms. The van der Waals surface area contributed by atoms with Crippen LogP contribution in [-0.2, 0) is 4.79 Å². The van der Waals surface area contributed by atoms with Crippen molar-refractivity contribution >= 4 is 11.6 Å². The number of nitrogens with one attached hydrogen (secondary N) is 1. The molecular formula is C15H22N2O3. The number of aryl methyl sites for hydroxylation is 1. The SMILES string of the molecule is CCCNC(=O)C(C)Oc1cc(C)ccc1C(C)=NO. The summed E-state index contributed by atoms with van der Waals surface area (Å²) in [4.78, 5) is 11.8. The lowest BCUT2D eigenvalue weighted by molar-refractivity contribution is -0.127. The first-order valence-electron chi connectivity index (χ1n) is 6.73. The van der Waals surface area contributed by atoms with Crippen molar-refractivity contribution in [3.63, 3.8) is 0 Å². The van der Waals surface area contributed by atoms with Crippen LogP contribution in [0, 0.1) is 6.92 Å². The molecule has 0 aromatic heterocycles. The standard InChI is InChI=1S/C15H22N2O3/c1-5-8-16-15(18)12(4)20-14-9-10(2)6-7-13(14)11(3)17-19/h6-7,9,12,19H,5,8H2,1-4H3,(H,16,18). The molecule has 110 valence electrons. The summed E-state index contributed by atoms with van der Waals surface area (Å²) in [6.45, 7) is 7.93. The van der Waals surface area contributed by atoms with Crippen molar-refractivity contribution in [3.8, 4) is 5.75 Å². The Hall–Kier alpha value is -2.04. The van der Waals surface area contributed by atoms with Gasteiger partial charge in [0.1, 0.15) is 5.75 Å². The van der Waals surface area contributed by atoms with E-state index in [-0.39, 0.29) is 5.91 Å². The molecule has 0 aliphatic rings. The predicted octanol–water partition coefficient (Wildman–Crippen LogP) is 2.49. The van der Waals surface area contributed by atoms with Gasteiger partial charge < -0.3 is 15.3 Å². The number of oxime groups is 1. The summed E-state index contributed by atoms with van der Waals surface area (Å²) in [6.07, 6.45) is 0.276. The number of nitrogens with zero attached hydrogens (tertiary/aromatic N) is 1. The van der Waals surface area contributed by atoms with Gasteiger partial charge >= 0.3 is 0 Å². The van der Waals surface area contributed by atoms with Gasteiger partial charge in [0.05, 0.1) is 5.71 Å². The van der Waals surface area contributed by atoms with Crippen molar-refractivity contribution in [1.29, 1.82) is 0 Å². The molecule has 2 N–H and O–H groups in total. The second kappa shape index (κ2) is 7.53. The number of amides is 1. The minimum absolute atomic E-state index is 0.155. The summed E-state index contributed by atoms with van der Waals surface area (Å²) in [5.74, 6) is 0.386. The van der Waals surface area contributed by atoms with Crippen LogP contribution in [-0.4, -0.2) is 29.5 Å². The van der Waals surface area contributed by atoms with Gasteiger partial charge in [-0.15, -0.1) is 0 Å². The average molecular weight is 278 g/mol. The molecule has 0 saturated carbocycles. The summed E-state index contributed by atoms with van der Waals surface area (Å²) in [5.41, 5.74) is 2.13. The van der Waals surface area contributed by atoms with Gasteiger partial charge in [-0.05, 0) is 44.9 Å². The van der Waals surface area contributed by atoms with E-state index in [0.29, 0.717) is 23.6 Å². The molecular weight excluding hydrogens is 256 g/mol. The predicted molar refractivity (Wildman–Crippen MR) is 78.6 cm³/mol. The number of rotatable bonds is 6. The lowest BCUT2D eigenvalue weighted by Crippen LogP contribution is -2.36. The fourth-order valence-electron chi connectivity index (χ4n) is 1.72. The average Bonchev–Trinajstić information content (AvgIpc) is 2.44. The van der Waals surface area contributed by atoms with E-state index in [0.717, 1.165) is 12.0 Å². The summed E-state index contributed by atoms with van der Waals surface area (Å²) in [7, 11) is 0. The second-order valence-electron chi connectivity index (χ2n) is 4.74. The molecule has 0 bridgehead atoms.